The van der Waals surface area contributed by atoms with Crippen molar-refractivity contribution in [3.05, 3.63) is 0 Å². The number of carbonyl (C=O) groups is 1. The summed E-state index contributed by atoms with van der Waals surface area (Å²) in [6, 6.07) is 0.383. The van der Waals surface area contributed by atoms with E-state index in [1.165, 1.54) is 0 Å². The lowest BCUT2D eigenvalue weighted by atomic mass is 10.0. The van der Waals surface area contributed by atoms with Crippen LogP contribution in [0.5, 0.6) is 0 Å². The number of hydrogen-bond acceptors (Lipinski definition) is 2. The highest BCUT2D eigenvalue weighted by atomic mass is 79.9. The standard InChI is InChI=1S/C12H20BrNO2/c1-9-4-5-14(11(9)8-13)12(15)7-10-3-2-6-16-10/h9-11H,2-8H2,1H3. The summed E-state index contributed by atoms with van der Waals surface area (Å²) in [6.45, 7) is 3.98. The second-order valence-electron chi connectivity index (χ2n) is 4.91. The van der Waals surface area contributed by atoms with Gasteiger partial charge in [-0.2, -0.15) is 0 Å². The number of likely N-dealkylation sites (tertiary alicyclic amines) is 1. The molecule has 3 atom stereocenters. The summed E-state index contributed by atoms with van der Waals surface area (Å²) in [5, 5.41) is 0.894. The Morgan fingerprint density at radius 3 is 2.94 bits per heavy atom. The first kappa shape index (κ1) is 12.4. The van der Waals surface area contributed by atoms with Crippen molar-refractivity contribution in [2.24, 2.45) is 5.92 Å². The molecule has 16 heavy (non-hydrogen) atoms. The molecular weight excluding hydrogens is 270 g/mol. The van der Waals surface area contributed by atoms with E-state index in [4.69, 9.17) is 4.74 Å². The molecule has 2 rings (SSSR count). The van der Waals surface area contributed by atoms with Gasteiger partial charge in [-0.05, 0) is 25.2 Å². The molecule has 0 aromatic carbocycles. The Balaban J connectivity index is 1.88. The van der Waals surface area contributed by atoms with Gasteiger partial charge in [0, 0.05) is 24.5 Å². The zero-order valence-corrected chi connectivity index (χ0v) is 11.4. The zero-order chi connectivity index (χ0) is 11.5. The minimum absolute atomic E-state index is 0.180. The van der Waals surface area contributed by atoms with Crippen molar-refractivity contribution in [1.82, 2.24) is 4.90 Å². The van der Waals surface area contributed by atoms with Gasteiger partial charge in [0.05, 0.1) is 12.5 Å². The zero-order valence-electron chi connectivity index (χ0n) is 9.82. The molecule has 0 bridgehead atoms. The Morgan fingerprint density at radius 1 is 1.50 bits per heavy atom. The first-order chi connectivity index (χ1) is 7.72. The molecule has 0 aromatic heterocycles. The van der Waals surface area contributed by atoms with E-state index in [-0.39, 0.29) is 12.0 Å². The molecule has 2 aliphatic rings. The summed E-state index contributed by atoms with van der Waals surface area (Å²) in [4.78, 5) is 14.2. The minimum Gasteiger partial charge on any atom is -0.378 e. The average Bonchev–Trinajstić information content (AvgIpc) is 2.87. The lowest BCUT2D eigenvalue weighted by molar-refractivity contribution is -0.134. The van der Waals surface area contributed by atoms with Crippen molar-refractivity contribution < 1.29 is 9.53 Å². The second-order valence-corrected chi connectivity index (χ2v) is 5.56. The molecule has 92 valence electrons. The van der Waals surface area contributed by atoms with Gasteiger partial charge in [0.1, 0.15) is 0 Å². The van der Waals surface area contributed by atoms with Gasteiger partial charge in [-0.25, -0.2) is 0 Å². The van der Waals surface area contributed by atoms with Gasteiger partial charge in [-0.15, -0.1) is 0 Å². The molecule has 0 spiro atoms. The summed E-state index contributed by atoms with van der Waals surface area (Å²) in [5.41, 5.74) is 0. The molecule has 0 saturated carbocycles. The van der Waals surface area contributed by atoms with Gasteiger partial charge >= 0.3 is 0 Å². The highest BCUT2D eigenvalue weighted by Gasteiger charge is 2.34. The summed E-state index contributed by atoms with van der Waals surface area (Å²) < 4.78 is 5.52. The molecule has 2 saturated heterocycles. The van der Waals surface area contributed by atoms with Gasteiger partial charge in [-0.3, -0.25) is 4.79 Å². The molecule has 2 fully saturated rings. The topological polar surface area (TPSA) is 29.5 Å². The number of ether oxygens (including phenoxy) is 1. The molecular formula is C12H20BrNO2. The number of nitrogens with zero attached hydrogens (tertiary/aromatic N) is 1. The number of hydrogen-bond donors (Lipinski definition) is 0. The van der Waals surface area contributed by atoms with E-state index in [2.05, 4.69) is 22.9 Å². The predicted molar refractivity (Wildman–Crippen MR) is 66.7 cm³/mol. The summed E-state index contributed by atoms with van der Waals surface area (Å²) in [6.07, 6.45) is 4.05. The molecule has 2 aliphatic heterocycles. The normalized spacial score (nSPS) is 34.6. The first-order valence-electron chi connectivity index (χ1n) is 6.19. The fourth-order valence-electron chi connectivity index (χ4n) is 2.67. The molecule has 4 heteroatoms. The first-order valence-corrected chi connectivity index (χ1v) is 7.31. The second kappa shape index (κ2) is 5.50. The Morgan fingerprint density at radius 2 is 2.31 bits per heavy atom. The molecule has 1 amide bonds. The fraction of sp³-hybridized carbons (Fsp3) is 0.917. The van der Waals surface area contributed by atoms with E-state index in [9.17, 15) is 4.79 Å². The lowest BCUT2D eigenvalue weighted by Crippen LogP contribution is -2.39. The van der Waals surface area contributed by atoms with Crippen molar-refractivity contribution in [3.8, 4) is 0 Å². The van der Waals surface area contributed by atoms with E-state index >= 15 is 0 Å². The van der Waals surface area contributed by atoms with Crippen molar-refractivity contribution in [2.75, 3.05) is 18.5 Å². The van der Waals surface area contributed by atoms with Crippen LogP contribution in [0.2, 0.25) is 0 Å². The van der Waals surface area contributed by atoms with E-state index < -0.39 is 0 Å². The van der Waals surface area contributed by atoms with E-state index in [1.807, 2.05) is 4.90 Å². The van der Waals surface area contributed by atoms with Crippen molar-refractivity contribution in [3.63, 3.8) is 0 Å². The van der Waals surface area contributed by atoms with Gasteiger partial charge in [-0.1, -0.05) is 22.9 Å². The van der Waals surface area contributed by atoms with Gasteiger partial charge < -0.3 is 9.64 Å². The van der Waals surface area contributed by atoms with Crippen LogP contribution in [0, 0.1) is 5.92 Å². The van der Waals surface area contributed by atoms with Crippen LogP contribution in [0.1, 0.15) is 32.6 Å². The van der Waals surface area contributed by atoms with E-state index in [0.717, 1.165) is 37.7 Å². The number of amides is 1. The SMILES string of the molecule is CC1CCN(C(=O)CC2CCCO2)C1CBr. The van der Waals surface area contributed by atoms with Gasteiger partial charge in [0.25, 0.3) is 0 Å². The molecule has 3 nitrogen and oxygen atoms in total. The van der Waals surface area contributed by atoms with Crippen LogP contribution in [0.4, 0.5) is 0 Å². The molecule has 0 aromatic rings. The third-order valence-corrected chi connectivity index (χ3v) is 4.45. The van der Waals surface area contributed by atoms with Crippen LogP contribution in [0.25, 0.3) is 0 Å². The maximum atomic E-state index is 12.1. The third kappa shape index (κ3) is 2.59. The van der Waals surface area contributed by atoms with Crippen LogP contribution < -0.4 is 0 Å². The van der Waals surface area contributed by atoms with Crippen LogP contribution in [-0.4, -0.2) is 41.4 Å². The smallest absolute Gasteiger partial charge is 0.225 e. The lowest BCUT2D eigenvalue weighted by Gasteiger charge is -2.26. The quantitative estimate of drug-likeness (QED) is 0.746. The maximum Gasteiger partial charge on any atom is 0.225 e. The Hall–Kier alpha value is -0.0900. The van der Waals surface area contributed by atoms with Crippen LogP contribution >= 0.6 is 15.9 Å². The van der Waals surface area contributed by atoms with Crippen LogP contribution in [0.15, 0.2) is 0 Å². The molecule has 2 heterocycles. The summed E-state index contributed by atoms with van der Waals surface area (Å²) in [7, 11) is 0. The maximum absolute atomic E-state index is 12.1. The van der Waals surface area contributed by atoms with Gasteiger partial charge in [0.2, 0.25) is 5.91 Å². The summed E-state index contributed by atoms with van der Waals surface area (Å²) >= 11 is 3.51. The number of carbonyl (C=O) groups excluding carboxylic acids is 1. The fourth-order valence-corrected chi connectivity index (χ4v) is 3.66. The largest absolute Gasteiger partial charge is 0.378 e. The van der Waals surface area contributed by atoms with E-state index in [0.29, 0.717) is 18.4 Å². The monoisotopic (exact) mass is 289 g/mol. The van der Waals surface area contributed by atoms with Crippen molar-refractivity contribution in [2.45, 2.75) is 44.8 Å². The molecule has 0 N–H and O–H groups in total. The average molecular weight is 290 g/mol. The number of halogens is 1. The highest BCUT2D eigenvalue weighted by Crippen LogP contribution is 2.27. The Bertz CT molecular complexity index is 253. The van der Waals surface area contributed by atoms with E-state index in [1.54, 1.807) is 0 Å². The molecule has 0 aliphatic carbocycles. The van der Waals surface area contributed by atoms with Crippen molar-refractivity contribution >= 4 is 21.8 Å². The molecule has 3 unspecified atom stereocenters. The Kier molecular flexibility index (Phi) is 4.25. The molecule has 0 radical (unpaired) electrons. The van der Waals surface area contributed by atoms with Crippen LogP contribution in [0.3, 0.4) is 0 Å². The van der Waals surface area contributed by atoms with Crippen LogP contribution in [-0.2, 0) is 9.53 Å². The minimum atomic E-state index is 0.180. The number of rotatable bonds is 3. The predicted octanol–water partition coefficient (Wildman–Crippen LogP) is 2.19. The summed E-state index contributed by atoms with van der Waals surface area (Å²) in [5.74, 6) is 0.897. The highest BCUT2D eigenvalue weighted by molar-refractivity contribution is 9.09. The number of alkyl halides is 1. The Labute approximate surface area is 106 Å². The van der Waals surface area contributed by atoms with Gasteiger partial charge in [0.15, 0.2) is 0 Å². The van der Waals surface area contributed by atoms with Crippen molar-refractivity contribution in [1.29, 1.82) is 0 Å². The third-order valence-electron chi connectivity index (χ3n) is 3.79.